The molecule has 188 valence electrons. The molecule has 3 aromatic carbocycles. The molecule has 1 aliphatic carbocycles. The van der Waals surface area contributed by atoms with E-state index in [1.807, 2.05) is 18.2 Å². The Morgan fingerprint density at radius 3 is 2.34 bits per heavy atom. The first-order valence-electron chi connectivity index (χ1n) is 12.5. The summed E-state index contributed by atoms with van der Waals surface area (Å²) in [5.74, 6) is -0.892. The highest BCUT2D eigenvalue weighted by Gasteiger charge is 2.32. The SMILES string of the molecule is CCCCC1CCC(c2ccc3c(F)c(CCc4ccc(OC(F)(F)F)c(F)c4)ccc3c2)CC1. The number of hydrogen-bond donors (Lipinski definition) is 0. The summed E-state index contributed by atoms with van der Waals surface area (Å²) < 4.78 is 69.8. The fraction of sp³-hybridized carbons (Fsp3) is 0.448. The van der Waals surface area contributed by atoms with Crippen molar-refractivity contribution in [1.29, 1.82) is 0 Å². The summed E-state index contributed by atoms with van der Waals surface area (Å²) in [6.45, 7) is 2.24. The number of alkyl halides is 3. The monoisotopic (exact) mass is 490 g/mol. The molecule has 0 bridgehead atoms. The zero-order valence-corrected chi connectivity index (χ0v) is 19.9. The van der Waals surface area contributed by atoms with Gasteiger partial charge >= 0.3 is 6.36 Å². The Morgan fingerprint density at radius 2 is 1.66 bits per heavy atom. The van der Waals surface area contributed by atoms with Crippen molar-refractivity contribution in [2.24, 2.45) is 5.92 Å². The lowest BCUT2D eigenvalue weighted by Crippen LogP contribution is -2.18. The van der Waals surface area contributed by atoms with E-state index in [1.165, 1.54) is 56.6 Å². The molecule has 1 saturated carbocycles. The number of unbranched alkanes of at least 4 members (excludes halogenated alkanes) is 1. The van der Waals surface area contributed by atoms with Crippen LogP contribution in [0.5, 0.6) is 5.75 Å². The van der Waals surface area contributed by atoms with Crippen molar-refractivity contribution in [3.63, 3.8) is 0 Å². The third-order valence-corrected chi connectivity index (χ3v) is 7.25. The van der Waals surface area contributed by atoms with Crippen LogP contribution in [0.2, 0.25) is 0 Å². The molecule has 0 N–H and O–H groups in total. The molecule has 0 saturated heterocycles. The van der Waals surface area contributed by atoms with E-state index in [2.05, 4.69) is 17.7 Å². The van der Waals surface area contributed by atoms with E-state index in [9.17, 15) is 17.6 Å². The zero-order chi connectivity index (χ0) is 25.0. The van der Waals surface area contributed by atoms with Gasteiger partial charge in [0.2, 0.25) is 0 Å². The van der Waals surface area contributed by atoms with E-state index < -0.39 is 17.9 Å². The highest BCUT2D eigenvalue weighted by Crippen LogP contribution is 2.39. The maximum Gasteiger partial charge on any atom is 0.573 e. The van der Waals surface area contributed by atoms with Crippen LogP contribution in [0.4, 0.5) is 22.0 Å². The third-order valence-electron chi connectivity index (χ3n) is 7.25. The lowest BCUT2D eigenvalue weighted by Gasteiger charge is -2.29. The minimum atomic E-state index is -4.95. The van der Waals surface area contributed by atoms with Crippen molar-refractivity contribution in [1.82, 2.24) is 0 Å². The lowest BCUT2D eigenvalue weighted by atomic mass is 9.77. The summed E-state index contributed by atoms with van der Waals surface area (Å²) >= 11 is 0. The Morgan fingerprint density at radius 1 is 0.886 bits per heavy atom. The van der Waals surface area contributed by atoms with Gasteiger partial charge in [0.15, 0.2) is 11.6 Å². The maximum absolute atomic E-state index is 15.2. The van der Waals surface area contributed by atoms with Crippen LogP contribution in [0.1, 0.15) is 74.5 Å². The Balaban J connectivity index is 1.41. The average molecular weight is 491 g/mol. The third kappa shape index (κ3) is 6.53. The number of fused-ring (bicyclic) bond motifs is 1. The normalized spacial score (nSPS) is 18.7. The highest BCUT2D eigenvalue weighted by atomic mass is 19.4. The molecule has 0 heterocycles. The van der Waals surface area contributed by atoms with Crippen LogP contribution in [-0.2, 0) is 12.8 Å². The quantitative estimate of drug-likeness (QED) is 0.286. The lowest BCUT2D eigenvalue weighted by molar-refractivity contribution is -0.275. The van der Waals surface area contributed by atoms with E-state index in [4.69, 9.17) is 0 Å². The van der Waals surface area contributed by atoms with Crippen molar-refractivity contribution < 1.29 is 26.7 Å². The molecular formula is C29H31F5O. The molecule has 4 rings (SSSR count). The van der Waals surface area contributed by atoms with Crippen LogP contribution in [0, 0.1) is 17.6 Å². The summed E-state index contributed by atoms with van der Waals surface area (Å²) in [6, 6.07) is 13.0. The molecule has 1 fully saturated rings. The fourth-order valence-corrected chi connectivity index (χ4v) is 5.27. The van der Waals surface area contributed by atoms with Gasteiger partial charge in [-0.2, -0.15) is 0 Å². The van der Waals surface area contributed by atoms with Crippen molar-refractivity contribution in [3.8, 4) is 5.75 Å². The first-order valence-corrected chi connectivity index (χ1v) is 12.5. The Hall–Kier alpha value is -2.63. The van der Waals surface area contributed by atoms with Crippen molar-refractivity contribution in [2.45, 2.75) is 77.0 Å². The van der Waals surface area contributed by atoms with Crippen molar-refractivity contribution >= 4 is 10.8 Å². The van der Waals surface area contributed by atoms with Gasteiger partial charge in [-0.1, -0.05) is 62.6 Å². The van der Waals surface area contributed by atoms with Crippen LogP contribution < -0.4 is 4.74 Å². The van der Waals surface area contributed by atoms with E-state index in [0.29, 0.717) is 35.3 Å². The van der Waals surface area contributed by atoms with Gasteiger partial charge in [-0.05, 0) is 84.6 Å². The number of rotatable bonds is 8. The topological polar surface area (TPSA) is 9.23 Å². The minimum Gasteiger partial charge on any atom is -0.403 e. The molecule has 0 radical (unpaired) electrons. The van der Waals surface area contributed by atoms with Crippen LogP contribution >= 0.6 is 0 Å². The summed E-state index contributed by atoms with van der Waals surface area (Å²) in [5.41, 5.74) is 2.24. The molecule has 1 aliphatic rings. The van der Waals surface area contributed by atoms with E-state index in [-0.39, 0.29) is 5.82 Å². The van der Waals surface area contributed by atoms with Gasteiger partial charge in [0, 0.05) is 5.39 Å². The van der Waals surface area contributed by atoms with Gasteiger partial charge in [-0.3, -0.25) is 0 Å². The molecule has 6 heteroatoms. The number of ether oxygens (including phenoxy) is 1. The number of hydrogen-bond acceptors (Lipinski definition) is 1. The van der Waals surface area contributed by atoms with Crippen molar-refractivity contribution in [3.05, 3.63) is 76.9 Å². The van der Waals surface area contributed by atoms with Gasteiger partial charge in [0.1, 0.15) is 5.82 Å². The number of halogens is 5. The van der Waals surface area contributed by atoms with Gasteiger partial charge < -0.3 is 4.74 Å². The first-order chi connectivity index (χ1) is 16.7. The number of benzene rings is 3. The van der Waals surface area contributed by atoms with Gasteiger partial charge in [0.05, 0.1) is 0 Å². The largest absolute Gasteiger partial charge is 0.573 e. The van der Waals surface area contributed by atoms with Gasteiger partial charge in [-0.25, -0.2) is 8.78 Å². The minimum absolute atomic E-state index is 0.296. The van der Waals surface area contributed by atoms with Crippen LogP contribution in [0.3, 0.4) is 0 Å². The molecule has 1 nitrogen and oxygen atoms in total. The summed E-state index contributed by atoms with van der Waals surface area (Å²) in [5, 5.41) is 1.43. The molecular weight excluding hydrogens is 459 g/mol. The summed E-state index contributed by atoms with van der Waals surface area (Å²) in [6.07, 6.45) is 4.43. The predicted octanol–water partition coefficient (Wildman–Crippen LogP) is 9.27. The second-order valence-electron chi connectivity index (χ2n) is 9.69. The van der Waals surface area contributed by atoms with Crippen molar-refractivity contribution in [2.75, 3.05) is 0 Å². The molecule has 0 aliphatic heterocycles. The Labute approximate surface area is 203 Å². The smallest absolute Gasteiger partial charge is 0.403 e. The standard InChI is InChI=1S/C29H31F5O/c1-2-3-4-19-5-9-21(10-6-19)23-14-15-25-24(18-23)13-12-22(28(25)31)11-7-20-8-16-27(26(30)17-20)35-29(32,33)34/h8,12-19,21H,2-7,9-11H2,1H3. The second kappa shape index (κ2) is 11.0. The summed E-state index contributed by atoms with van der Waals surface area (Å²) in [4.78, 5) is 0. The Bertz CT molecular complexity index is 1150. The summed E-state index contributed by atoms with van der Waals surface area (Å²) in [7, 11) is 0. The fourth-order valence-electron chi connectivity index (χ4n) is 5.27. The van der Waals surface area contributed by atoms with E-state index in [0.717, 1.165) is 23.4 Å². The molecule has 0 spiro atoms. The molecule has 35 heavy (non-hydrogen) atoms. The van der Waals surface area contributed by atoms with Gasteiger partial charge in [0.25, 0.3) is 0 Å². The molecule has 3 aromatic rings. The first kappa shape index (κ1) is 25.5. The molecule has 0 unspecified atom stereocenters. The second-order valence-corrected chi connectivity index (χ2v) is 9.69. The molecule has 0 aromatic heterocycles. The Kier molecular flexibility index (Phi) is 7.98. The van der Waals surface area contributed by atoms with Crippen LogP contribution in [0.25, 0.3) is 10.8 Å². The molecule has 0 amide bonds. The highest BCUT2D eigenvalue weighted by molar-refractivity contribution is 5.84. The zero-order valence-electron chi connectivity index (χ0n) is 19.9. The van der Waals surface area contributed by atoms with Crippen LogP contribution in [-0.4, -0.2) is 6.36 Å². The average Bonchev–Trinajstić information content (AvgIpc) is 2.83. The van der Waals surface area contributed by atoms with E-state index in [1.54, 1.807) is 6.07 Å². The van der Waals surface area contributed by atoms with E-state index >= 15 is 4.39 Å². The molecule has 0 atom stereocenters. The van der Waals surface area contributed by atoms with Crippen LogP contribution in [0.15, 0.2) is 48.5 Å². The predicted molar refractivity (Wildman–Crippen MR) is 129 cm³/mol. The number of aryl methyl sites for hydroxylation is 2. The maximum atomic E-state index is 15.2. The van der Waals surface area contributed by atoms with Gasteiger partial charge in [-0.15, -0.1) is 13.2 Å².